The normalized spacial score (nSPS) is 23.0. The van der Waals surface area contributed by atoms with Crippen LogP contribution in [0.4, 0.5) is 0 Å². The Kier molecular flexibility index (Phi) is 3.53. The third-order valence-corrected chi connectivity index (χ3v) is 6.08. The first kappa shape index (κ1) is 15.0. The molecule has 2 atom stereocenters. The molecule has 0 aliphatic carbocycles. The highest BCUT2D eigenvalue weighted by Gasteiger charge is 2.45. The molecule has 2 aliphatic heterocycles. The van der Waals surface area contributed by atoms with Crippen LogP contribution in [0.3, 0.4) is 0 Å². The Labute approximate surface area is 150 Å². The van der Waals surface area contributed by atoms with E-state index in [4.69, 9.17) is 4.42 Å². The van der Waals surface area contributed by atoms with Crippen molar-refractivity contribution < 1.29 is 9.21 Å². The Morgan fingerprint density at radius 1 is 1.08 bits per heavy atom. The van der Waals surface area contributed by atoms with E-state index in [0.29, 0.717) is 12.6 Å². The zero-order valence-electron chi connectivity index (χ0n) is 13.7. The molecular weight excluding hydrogens is 334 g/mol. The van der Waals surface area contributed by atoms with E-state index in [9.17, 15) is 4.79 Å². The molecule has 0 spiro atoms. The highest BCUT2D eigenvalue weighted by atomic mass is 32.1. The van der Waals surface area contributed by atoms with Crippen molar-refractivity contribution in [2.24, 2.45) is 0 Å². The lowest BCUT2D eigenvalue weighted by Gasteiger charge is -2.38. The van der Waals surface area contributed by atoms with Crippen LogP contribution in [-0.4, -0.2) is 39.4 Å². The number of hydrogen-bond donors (Lipinski definition) is 0. The Morgan fingerprint density at radius 3 is 2.80 bits per heavy atom. The van der Waals surface area contributed by atoms with Crippen molar-refractivity contribution in [2.45, 2.75) is 25.2 Å². The van der Waals surface area contributed by atoms with Gasteiger partial charge in [0.2, 0.25) is 0 Å². The molecule has 2 aliphatic rings. The lowest BCUT2D eigenvalue weighted by molar-refractivity contribution is 0.0559. The number of fused-ring (bicyclic) bond motifs is 3. The van der Waals surface area contributed by atoms with Gasteiger partial charge >= 0.3 is 0 Å². The molecule has 1 amide bonds. The number of carbonyl (C=O) groups excluding carboxylic acids is 1. The van der Waals surface area contributed by atoms with Crippen molar-refractivity contribution in [3.05, 3.63) is 70.6 Å². The first-order valence-electron chi connectivity index (χ1n) is 8.54. The molecule has 128 valence electrons. The third kappa shape index (κ3) is 2.53. The maximum absolute atomic E-state index is 13.0. The first-order chi connectivity index (χ1) is 12.3. The average Bonchev–Trinajstić information content (AvgIpc) is 3.36. The summed E-state index contributed by atoms with van der Waals surface area (Å²) < 4.78 is 7.68. The molecule has 0 saturated carbocycles. The molecule has 0 radical (unpaired) electrons. The Bertz CT molecular complexity index is 869. The average molecular weight is 353 g/mol. The van der Waals surface area contributed by atoms with Gasteiger partial charge in [0.05, 0.1) is 31.4 Å². The van der Waals surface area contributed by atoms with Crippen LogP contribution in [0.5, 0.6) is 0 Å². The van der Waals surface area contributed by atoms with E-state index in [2.05, 4.69) is 25.8 Å². The maximum atomic E-state index is 13.0. The van der Waals surface area contributed by atoms with Crippen LogP contribution in [0, 0.1) is 0 Å². The second-order valence-corrected chi connectivity index (χ2v) is 7.75. The van der Waals surface area contributed by atoms with Crippen LogP contribution < -0.4 is 0 Å². The fourth-order valence-electron chi connectivity index (χ4n) is 4.10. The van der Waals surface area contributed by atoms with Gasteiger partial charge in [-0.25, -0.2) is 0 Å². The van der Waals surface area contributed by atoms with Gasteiger partial charge in [-0.1, -0.05) is 6.07 Å². The Morgan fingerprint density at radius 2 is 2.00 bits per heavy atom. The van der Waals surface area contributed by atoms with Gasteiger partial charge in [0.15, 0.2) is 0 Å². The van der Waals surface area contributed by atoms with Crippen LogP contribution in [0.2, 0.25) is 0 Å². The molecule has 2 unspecified atom stereocenters. The Hall–Kier alpha value is -2.31. The Balaban J connectivity index is 1.45. The molecule has 6 heteroatoms. The highest BCUT2D eigenvalue weighted by molar-refractivity contribution is 7.09. The molecule has 1 saturated heterocycles. The maximum Gasteiger partial charge on any atom is 0.271 e. The van der Waals surface area contributed by atoms with E-state index in [1.165, 1.54) is 4.88 Å². The topological polar surface area (TPSA) is 41.6 Å². The molecule has 1 fully saturated rings. The van der Waals surface area contributed by atoms with Crippen LogP contribution in [0.15, 0.2) is 58.7 Å². The summed E-state index contributed by atoms with van der Waals surface area (Å²) in [7, 11) is 0. The van der Waals surface area contributed by atoms with Gasteiger partial charge in [-0.15, -0.1) is 11.3 Å². The minimum atomic E-state index is 0.138. The highest BCUT2D eigenvalue weighted by Crippen LogP contribution is 2.35. The summed E-state index contributed by atoms with van der Waals surface area (Å²) in [6, 6.07) is 12.5. The van der Waals surface area contributed by atoms with Gasteiger partial charge in [0.25, 0.3) is 5.91 Å². The predicted octanol–water partition coefficient (Wildman–Crippen LogP) is 3.22. The molecule has 3 aromatic rings. The molecule has 0 N–H and O–H groups in total. The largest absolute Gasteiger partial charge is 0.468 e. The fraction of sp³-hybridized carbons (Fsp3) is 0.316. The van der Waals surface area contributed by atoms with Crippen LogP contribution in [-0.2, 0) is 13.1 Å². The van der Waals surface area contributed by atoms with Crippen molar-refractivity contribution >= 4 is 17.2 Å². The standard InChI is InChI=1S/C19H19N3O2S/c23-19-16-6-1-7-21(16)17-12-20(10-14-4-2-8-24-14)13-18(17)22(19)11-15-5-3-9-25-15/h1-9,17-18H,10-13H2. The molecule has 3 aromatic heterocycles. The van der Waals surface area contributed by atoms with E-state index in [1.807, 2.05) is 36.5 Å². The zero-order chi connectivity index (χ0) is 16.8. The molecule has 0 aromatic carbocycles. The second-order valence-electron chi connectivity index (χ2n) is 6.72. The van der Waals surface area contributed by atoms with Crippen LogP contribution >= 0.6 is 11.3 Å². The molecule has 25 heavy (non-hydrogen) atoms. The third-order valence-electron chi connectivity index (χ3n) is 5.22. The summed E-state index contributed by atoms with van der Waals surface area (Å²) in [5, 5.41) is 2.07. The fourth-order valence-corrected chi connectivity index (χ4v) is 4.80. The number of nitrogens with zero attached hydrogens (tertiary/aromatic N) is 3. The second kappa shape index (κ2) is 5.89. The van der Waals surface area contributed by atoms with Crippen molar-refractivity contribution in [1.82, 2.24) is 14.4 Å². The first-order valence-corrected chi connectivity index (χ1v) is 9.42. The summed E-state index contributed by atoms with van der Waals surface area (Å²) in [4.78, 5) is 18.7. The predicted molar refractivity (Wildman–Crippen MR) is 95.4 cm³/mol. The smallest absolute Gasteiger partial charge is 0.271 e. The number of rotatable bonds is 4. The SMILES string of the molecule is O=C1c2cccn2C2CN(Cc3ccco3)CC2N1Cc1cccs1. The van der Waals surface area contributed by atoms with Crippen molar-refractivity contribution in [3.63, 3.8) is 0 Å². The van der Waals surface area contributed by atoms with Gasteiger partial charge in [-0.3, -0.25) is 9.69 Å². The zero-order valence-corrected chi connectivity index (χ0v) is 14.6. The molecule has 5 rings (SSSR count). The van der Waals surface area contributed by atoms with E-state index in [-0.39, 0.29) is 11.9 Å². The number of likely N-dealkylation sites (tertiary alicyclic amines) is 1. The number of thiophene rings is 1. The van der Waals surface area contributed by atoms with E-state index in [1.54, 1.807) is 17.6 Å². The van der Waals surface area contributed by atoms with Gasteiger partial charge in [0.1, 0.15) is 11.5 Å². The number of aromatic nitrogens is 1. The van der Waals surface area contributed by atoms with Crippen molar-refractivity contribution in [3.8, 4) is 0 Å². The van der Waals surface area contributed by atoms with Gasteiger partial charge in [0, 0.05) is 24.2 Å². The van der Waals surface area contributed by atoms with Crippen molar-refractivity contribution in [2.75, 3.05) is 13.1 Å². The number of amides is 1. The van der Waals surface area contributed by atoms with E-state index >= 15 is 0 Å². The number of hydrogen-bond acceptors (Lipinski definition) is 4. The minimum Gasteiger partial charge on any atom is -0.468 e. The lowest BCUT2D eigenvalue weighted by atomic mass is 10.1. The quantitative estimate of drug-likeness (QED) is 0.723. The van der Waals surface area contributed by atoms with E-state index < -0.39 is 0 Å². The number of furan rings is 1. The summed E-state index contributed by atoms with van der Waals surface area (Å²) in [5.41, 5.74) is 0.803. The van der Waals surface area contributed by atoms with Gasteiger partial charge in [-0.05, 0) is 35.7 Å². The monoisotopic (exact) mass is 353 g/mol. The molecule has 5 nitrogen and oxygen atoms in total. The number of carbonyl (C=O) groups is 1. The summed E-state index contributed by atoms with van der Waals surface area (Å²) in [6.45, 7) is 3.29. The van der Waals surface area contributed by atoms with E-state index in [0.717, 1.165) is 31.1 Å². The van der Waals surface area contributed by atoms with Gasteiger partial charge < -0.3 is 13.9 Å². The van der Waals surface area contributed by atoms with Crippen LogP contribution in [0.1, 0.15) is 27.2 Å². The summed E-state index contributed by atoms with van der Waals surface area (Å²) in [6.07, 6.45) is 3.76. The molecular formula is C19H19N3O2S. The summed E-state index contributed by atoms with van der Waals surface area (Å²) >= 11 is 1.71. The lowest BCUT2D eigenvalue weighted by Crippen LogP contribution is -2.49. The summed E-state index contributed by atoms with van der Waals surface area (Å²) in [5.74, 6) is 1.11. The molecule has 5 heterocycles. The van der Waals surface area contributed by atoms with Gasteiger partial charge in [-0.2, -0.15) is 0 Å². The molecule has 0 bridgehead atoms. The van der Waals surface area contributed by atoms with Crippen molar-refractivity contribution in [1.29, 1.82) is 0 Å². The van der Waals surface area contributed by atoms with Crippen LogP contribution in [0.25, 0.3) is 0 Å². The minimum absolute atomic E-state index is 0.138.